The average Bonchev–Trinajstić information content (AvgIpc) is 3.09. The number of carboxylic acid groups (broad SMARTS) is 1. The minimum absolute atomic E-state index is 0.254. The van der Waals surface area contributed by atoms with Crippen LogP contribution >= 0.6 is 0 Å². The standard InChI is InChI=1S/C17H21NO2/c19-17(20)16-15-13-7-6-12(8-13)14(15)10-18(16)9-11-4-2-1-3-5-11/h1-5,12-16H,6-10H2,(H,19,20)/t12-,13+,14-,15+,16+/m0/s1. The lowest BCUT2D eigenvalue weighted by Gasteiger charge is -2.28. The molecule has 0 amide bonds. The molecule has 1 N–H and O–H groups in total. The van der Waals surface area contributed by atoms with Crippen molar-refractivity contribution < 1.29 is 9.90 Å². The van der Waals surface area contributed by atoms with Gasteiger partial charge in [-0.1, -0.05) is 30.3 Å². The molecule has 2 saturated carbocycles. The monoisotopic (exact) mass is 271 g/mol. The van der Waals surface area contributed by atoms with Gasteiger partial charge in [0.1, 0.15) is 6.04 Å². The normalized spacial score (nSPS) is 39.1. The third-order valence-corrected chi connectivity index (χ3v) is 5.84. The summed E-state index contributed by atoms with van der Waals surface area (Å²) < 4.78 is 0. The van der Waals surface area contributed by atoms with E-state index in [1.165, 1.54) is 24.8 Å². The summed E-state index contributed by atoms with van der Waals surface area (Å²) in [5.41, 5.74) is 1.23. The molecule has 1 aromatic carbocycles. The van der Waals surface area contributed by atoms with Crippen LogP contribution in [0, 0.1) is 23.7 Å². The van der Waals surface area contributed by atoms with Crippen molar-refractivity contribution in [3.63, 3.8) is 0 Å². The minimum Gasteiger partial charge on any atom is -0.480 e. The zero-order chi connectivity index (χ0) is 13.7. The number of benzene rings is 1. The second-order valence-corrected chi connectivity index (χ2v) is 6.77. The largest absolute Gasteiger partial charge is 0.480 e. The summed E-state index contributed by atoms with van der Waals surface area (Å²) in [7, 11) is 0. The van der Waals surface area contributed by atoms with Gasteiger partial charge in [0.25, 0.3) is 0 Å². The van der Waals surface area contributed by atoms with E-state index in [4.69, 9.17) is 0 Å². The van der Waals surface area contributed by atoms with Gasteiger partial charge in [-0.05, 0) is 48.5 Å². The Kier molecular flexibility index (Phi) is 2.84. The first-order valence-corrected chi connectivity index (χ1v) is 7.75. The molecule has 3 fully saturated rings. The molecule has 0 radical (unpaired) electrons. The fraction of sp³-hybridized carbons (Fsp3) is 0.588. The summed E-state index contributed by atoms with van der Waals surface area (Å²) in [6.07, 6.45) is 3.88. The van der Waals surface area contributed by atoms with Crippen molar-refractivity contribution in [1.82, 2.24) is 4.90 Å². The van der Waals surface area contributed by atoms with E-state index in [1.807, 2.05) is 18.2 Å². The van der Waals surface area contributed by atoms with Gasteiger partial charge in [-0.3, -0.25) is 9.69 Å². The molecule has 5 atom stereocenters. The van der Waals surface area contributed by atoms with E-state index >= 15 is 0 Å². The topological polar surface area (TPSA) is 40.5 Å². The Morgan fingerprint density at radius 2 is 1.95 bits per heavy atom. The molecule has 106 valence electrons. The minimum atomic E-state index is -0.610. The van der Waals surface area contributed by atoms with Gasteiger partial charge in [0.05, 0.1) is 0 Å². The fourth-order valence-electron chi connectivity index (χ4n) is 5.15. The van der Waals surface area contributed by atoms with Crippen LogP contribution in [-0.4, -0.2) is 28.6 Å². The van der Waals surface area contributed by atoms with Gasteiger partial charge in [-0.2, -0.15) is 0 Å². The maximum absolute atomic E-state index is 11.8. The van der Waals surface area contributed by atoms with E-state index in [2.05, 4.69) is 17.0 Å². The van der Waals surface area contributed by atoms with Crippen LogP contribution in [0.3, 0.4) is 0 Å². The summed E-state index contributed by atoms with van der Waals surface area (Å²) in [5.74, 6) is 1.91. The third-order valence-electron chi connectivity index (χ3n) is 5.84. The van der Waals surface area contributed by atoms with E-state index in [-0.39, 0.29) is 6.04 Å². The third kappa shape index (κ3) is 1.80. The van der Waals surface area contributed by atoms with Crippen LogP contribution < -0.4 is 0 Å². The molecule has 20 heavy (non-hydrogen) atoms. The van der Waals surface area contributed by atoms with Crippen LogP contribution in [0.5, 0.6) is 0 Å². The first-order valence-electron chi connectivity index (χ1n) is 7.75. The number of aliphatic carboxylic acids is 1. The number of rotatable bonds is 3. The Morgan fingerprint density at radius 3 is 2.70 bits per heavy atom. The zero-order valence-electron chi connectivity index (χ0n) is 11.6. The molecule has 0 spiro atoms. The Hall–Kier alpha value is -1.35. The van der Waals surface area contributed by atoms with Crippen molar-refractivity contribution in [2.24, 2.45) is 23.7 Å². The quantitative estimate of drug-likeness (QED) is 0.918. The van der Waals surface area contributed by atoms with Gasteiger partial charge in [-0.25, -0.2) is 0 Å². The second-order valence-electron chi connectivity index (χ2n) is 6.77. The van der Waals surface area contributed by atoms with Crippen molar-refractivity contribution in [1.29, 1.82) is 0 Å². The number of fused-ring (bicyclic) bond motifs is 5. The van der Waals surface area contributed by atoms with Crippen molar-refractivity contribution in [2.45, 2.75) is 31.8 Å². The van der Waals surface area contributed by atoms with Gasteiger partial charge in [-0.15, -0.1) is 0 Å². The highest BCUT2D eigenvalue weighted by Crippen LogP contribution is 2.57. The van der Waals surface area contributed by atoms with Gasteiger partial charge >= 0.3 is 5.97 Å². The second kappa shape index (κ2) is 4.59. The van der Waals surface area contributed by atoms with Crippen LogP contribution in [0.1, 0.15) is 24.8 Å². The molecule has 1 aliphatic heterocycles. The lowest BCUT2D eigenvalue weighted by Crippen LogP contribution is -2.41. The number of carbonyl (C=O) groups is 1. The molecular formula is C17H21NO2. The summed E-state index contributed by atoms with van der Waals surface area (Å²) in [6, 6.07) is 10.0. The summed E-state index contributed by atoms with van der Waals surface area (Å²) in [4.78, 5) is 14.0. The first-order chi connectivity index (χ1) is 9.74. The molecule has 1 heterocycles. The van der Waals surface area contributed by atoms with Gasteiger partial charge in [0, 0.05) is 13.1 Å². The average molecular weight is 271 g/mol. The van der Waals surface area contributed by atoms with Crippen molar-refractivity contribution in [2.75, 3.05) is 6.54 Å². The Labute approximate surface area is 119 Å². The molecule has 4 rings (SSSR count). The molecule has 3 aliphatic rings. The Bertz CT molecular complexity index is 515. The highest BCUT2D eigenvalue weighted by Gasteiger charge is 2.58. The highest BCUT2D eigenvalue weighted by atomic mass is 16.4. The van der Waals surface area contributed by atoms with Crippen LogP contribution in [0.15, 0.2) is 30.3 Å². The predicted octanol–water partition coefficient (Wildman–Crippen LogP) is 2.62. The number of nitrogens with zero attached hydrogens (tertiary/aromatic N) is 1. The molecule has 2 bridgehead atoms. The molecule has 1 saturated heterocycles. The van der Waals surface area contributed by atoms with Crippen molar-refractivity contribution >= 4 is 5.97 Å². The van der Waals surface area contributed by atoms with Crippen LogP contribution in [-0.2, 0) is 11.3 Å². The summed E-state index contributed by atoms with van der Waals surface area (Å²) in [5, 5.41) is 9.70. The summed E-state index contributed by atoms with van der Waals surface area (Å²) >= 11 is 0. The van der Waals surface area contributed by atoms with Crippen LogP contribution in [0.2, 0.25) is 0 Å². The van der Waals surface area contributed by atoms with Crippen LogP contribution in [0.25, 0.3) is 0 Å². The van der Waals surface area contributed by atoms with E-state index in [1.54, 1.807) is 0 Å². The van der Waals surface area contributed by atoms with Gasteiger partial charge in [0.15, 0.2) is 0 Å². The molecule has 0 unspecified atom stereocenters. The Morgan fingerprint density at radius 1 is 1.20 bits per heavy atom. The number of hydrogen-bond acceptors (Lipinski definition) is 2. The SMILES string of the molecule is O=C(O)[C@H]1[C@@H]2[C@@H]3CC[C@@H](C3)[C@@H]2CN1Cc1ccccc1. The van der Waals surface area contributed by atoms with Gasteiger partial charge in [0.2, 0.25) is 0 Å². The van der Waals surface area contributed by atoms with Crippen molar-refractivity contribution in [3.8, 4) is 0 Å². The van der Waals surface area contributed by atoms with E-state index in [0.717, 1.165) is 19.0 Å². The molecule has 3 heteroatoms. The van der Waals surface area contributed by atoms with Crippen LogP contribution in [0.4, 0.5) is 0 Å². The molecule has 1 aromatic rings. The fourth-order valence-corrected chi connectivity index (χ4v) is 5.15. The zero-order valence-corrected chi connectivity index (χ0v) is 11.6. The lowest BCUT2D eigenvalue weighted by atomic mass is 9.78. The number of hydrogen-bond donors (Lipinski definition) is 1. The smallest absolute Gasteiger partial charge is 0.321 e. The molecule has 2 aliphatic carbocycles. The molecule has 3 nitrogen and oxygen atoms in total. The maximum atomic E-state index is 11.8. The summed E-state index contributed by atoms with van der Waals surface area (Å²) in [6.45, 7) is 1.77. The van der Waals surface area contributed by atoms with E-state index in [9.17, 15) is 9.90 Å². The molecular weight excluding hydrogens is 250 g/mol. The lowest BCUT2D eigenvalue weighted by molar-refractivity contribution is -0.144. The van der Waals surface area contributed by atoms with Crippen molar-refractivity contribution in [3.05, 3.63) is 35.9 Å². The van der Waals surface area contributed by atoms with Gasteiger partial charge < -0.3 is 5.11 Å². The van der Waals surface area contributed by atoms with E-state index in [0.29, 0.717) is 17.8 Å². The highest BCUT2D eigenvalue weighted by molar-refractivity contribution is 5.74. The number of carboxylic acids is 1. The maximum Gasteiger partial charge on any atom is 0.321 e. The predicted molar refractivity (Wildman–Crippen MR) is 76.1 cm³/mol. The molecule has 0 aromatic heterocycles. The Balaban J connectivity index is 1.59. The first kappa shape index (κ1) is 12.4. The number of likely N-dealkylation sites (tertiary alicyclic amines) is 1. The van der Waals surface area contributed by atoms with E-state index < -0.39 is 5.97 Å².